The van der Waals surface area contributed by atoms with E-state index < -0.39 is 0 Å². The Hall–Kier alpha value is -2.43. The molecule has 0 spiro atoms. The van der Waals surface area contributed by atoms with Crippen molar-refractivity contribution in [2.24, 2.45) is 11.3 Å². The van der Waals surface area contributed by atoms with E-state index in [4.69, 9.17) is 9.57 Å². The summed E-state index contributed by atoms with van der Waals surface area (Å²) in [6.07, 6.45) is 1.72. The first kappa shape index (κ1) is 19.5. The first-order valence-electron chi connectivity index (χ1n) is 10.9. The van der Waals surface area contributed by atoms with Gasteiger partial charge in [-0.25, -0.2) is 0 Å². The Bertz CT molecular complexity index is 1050. The highest BCUT2D eigenvalue weighted by atomic mass is 16.7. The number of hydrogen-bond donors (Lipinski definition) is 0. The Labute approximate surface area is 177 Å². The molecule has 0 amide bonds. The van der Waals surface area contributed by atoms with Gasteiger partial charge in [0.25, 0.3) is 0 Å². The summed E-state index contributed by atoms with van der Waals surface area (Å²) < 4.78 is 6.36. The predicted molar refractivity (Wildman–Crippen MR) is 119 cm³/mol. The second kappa shape index (κ2) is 7.36. The van der Waals surface area contributed by atoms with Crippen LogP contribution in [-0.2, 0) is 14.4 Å². The van der Waals surface area contributed by atoms with E-state index in [9.17, 15) is 4.79 Å². The molecule has 30 heavy (non-hydrogen) atoms. The molecule has 0 aliphatic carbocycles. The predicted octanol–water partition coefficient (Wildman–Crippen LogP) is 5.65. The topological polar surface area (TPSA) is 38.8 Å². The fourth-order valence-electron chi connectivity index (χ4n) is 5.04. The van der Waals surface area contributed by atoms with Gasteiger partial charge in [-0.2, -0.15) is 5.06 Å². The van der Waals surface area contributed by atoms with Crippen LogP contribution in [0.2, 0.25) is 0 Å². The van der Waals surface area contributed by atoms with E-state index in [1.807, 2.05) is 5.06 Å². The Morgan fingerprint density at radius 3 is 2.33 bits per heavy atom. The van der Waals surface area contributed by atoms with Crippen molar-refractivity contribution in [3.8, 4) is 0 Å². The van der Waals surface area contributed by atoms with Gasteiger partial charge >= 0.3 is 5.97 Å². The number of nitrogens with zero attached hydrogens (tertiary/aromatic N) is 1. The molecule has 4 nitrogen and oxygen atoms in total. The zero-order chi connectivity index (χ0) is 20.9. The lowest BCUT2D eigenvalue weighted by Gasteiger charge is -2.33. The van der Waals surface area contributed by atoms with Crippen molar-refractivity contribution in [1.82, 2.24) is 5.06 Å². The van der Waals surface area contributed by atoms with E-state index in [-0.39, 0.29) is 29.4 Å². The van der Waals surface area contributed by atoms with E-state index in [1.165, 1.54) is 10.8 Å². The fourth-order valence-corrected chi connectivity index (χ4v) is 5.04. The molecule has 0 saturated carbocycles. The van der Waals surface area contributed by atoms with Crippen LogP contribution in [0.3, 0.4) is 0 Å². The van der Waals surface area contributed by atoms with E-state index in [2.05, 4.69) is 75.4 Å². The number of hydrogen-bond acceptors (Lipinski definition) is 4. The van der Waals surface area contributed by atoms with Gasteiger partial charge < -0.3 is 4.74 Å². The maximum atomic E-state index is 13.4. The molecule has 2 saturated heterocycles. The first-order valence-corrected chi connectivity index (χ1v) is 10.9. The number of ether oxygens (including phenoxy) is 1. The molecule has 0 bridgehead atoms. The van der Waals surface area contributed by atoms with Crippen molar-refractivity contribution in [2.45, 2.75) is 45.8 Å². The van der Waals surface area contributed by atoms with Gasteiger partial charge in [-0.1, -0.05) is 69.3 Å². The third-order valence-corrected chi connectivity index (χ3v) is 6.53. The first-order chi connectivity index (χ1) is 14.4. The van der Waals surface area contributed by atoms with Crippen LogP contribution in [0.4, 0.5) is 0 Å². The summed E-state index contributed by atoms with van der Waals surface area (Å²) in [7, 11) is 0. The Morgan fingerprint density at radius 1 is 1.07 bits per heavy atom. The normalized spacial score (nSPS) is 23.0. The van der Waals surface area contributed by atoms with Crippen LogP contribution in [0.1, 0.15) is 45.3 Å². The molecule has 3 aromatic rings. The van der Waals surface area contributed by atoms with Crippen molar-refractivity contribution < 1.29 is 14.4 Å². The maximum Gasteiger partial charge on any atom is 0.313 e. The molecule has 0 N–H and O–H groups in total. The summed E-state index contributed by atoms with van der Waals surface area (Å²) in [6, 6.07) is 19.2. The summed E-state index contributed by atoms with van der Waals surface area (Å²) in [5, 5.41) is 6.61. The van der Waals surface area contributed by atoms with Gasteiger partial charge in [-0.15, -0.1) is 0 Å². The number of hydroxylamine groups is 2. The van der Waals surface area contributed by atoms with Crippen LogP contribution in [0.25, 0.3) is 21.5 Å². The lowest BCUT2D eigenvalue weighted by molar-refractivity contribution is -0.160. The average molecular weight is 404 g/mol. The number of benzene rings is 3. The van der Waals surface area contributed by atoms with Crippen LogP contribution in [0, 0.1) is 11.3 Å². The molecule has 156 valence electrons. The molecular weight excluding hydrogens is 374 g/mol. The molecule has 2 heterocycles. The molecule has 2 unspecified atom stereocenters. The van der Waals surface area contributed by atoms with Gasteiger partial charge in [-0.3, -0.25) is 9.63 Å². The quantitative estimate of drug-likeness (QED) is 0.418. The van der Waals surface area contributed by atoms with Crippen LogP contribution in [0.15, 0.2) is 54.6 Å². The van der Waals surface area contributed by atoms with Crippen molar-refractivity contribution in [2.75, 3.05) is 13.2 Å². The Morgan fingerprint density at radius 2 is 1.70 bits per heavy atom. The van der Waals surface area contributed by atoms with Crippen LogP contribution in [0.5, 0.6) is 0 Å². The standard InChI is InChI=1S/C26H29NO3/c1-26(2,3)24(30-25(28)21-16-29-27-14-8-13-22(21)27)23-19-11-6-4-9-17(19)15-18-10-5-7-12-20(18)23/h4-7,9-12,15,21-22,24H,8,13-14,16H2,1-3H3/t21?,22?,24-/m1/s1. The number of fused-ring (bicyclic) bond motifs is 3. The summed E-state index contributed by atoms with van der Waals surface area (Å²) in [4.78, 5) is 19.1. The van der Waals surface area contributed by atoms with Crippen molar-refractivity contribution in [3.63, 3.8) is 0 Å². The Kier molecular flexibility index (Phi) is 4.79. The van der Waals surface area contributed by atoms with E-state index >= 15 is 0 Å². The van der Waals surface area contributed by atoms with Gasteiger partial charge in [-0.05, 0) is 40.5 Å². The minimum Gasteiger partial charge on any atom is -0.457 e. The minimum absolute atomic E-state index is 0.138. The van der Waals surface area contributed by atoms with Crippen molar-refractivity contribution in [1.29, 1.82) is 0 Å². The third kappa shape index (κ3) is 3.28. The van der Waals surface area contributed by atoms with Gasteiger partial charge in [0.1, 0.15) is 12.0 Å². The lowest BCUT2D eigenvalue weighted by Crippen LogP contribution is -2.34. The zero-order valence-corrected chi connectivity index (χ0v) is 17.9. The molecule has 2 aliphatic heterocycles. The van der Waals surface area contributed by atoms with Gasteiger partial charge in [0.05, 0.1) is 12.6 Å². The van der Waals surface area contributed by atoms with Crippen LogP contribution < -0.4 is 0 Å². The number of carbonyl (C=O) groups excluding carboxylic acids is 1. The maximum absolute atomic E-state index is 13.4. The SMILES string of the molecule is CC(C)(C)[C@H](OC(=O)C1CON2CCCC12)c1c2ccccc2cc2ccccc12. The van der Waals surface area contributed by atoms with E-state index in [0.717, 1.165) is 35.7 Å². The molecule has 3 aromatic carbocycles. The second-order valence-corrected chi connectivity index (χ2v) is 9.67. The molecule has 0 radical (unpaired) electrons. The van der Waals surface area contributed by atoms with Crippen molar-refractivity contribution in [3.05, 3.63) is 60.2 Å². The molecule has 2 aliphatic rings. The monoisotopic (exact) mass is 403 g/mol. The number of carbonyl (C=O) groups is 1. The van der Waals surface area contributed by atoms with Crippen LogP contribution in [-0.4, -0.2) is 30.2 Å². The fraction of sp³-hybridized carbons (Fsp3) is 0.423. The minimum atomic E-state index is -0.351. The molecule has 5 rings (SSSR count). The second-order valence-electron chi connectivity index (χ2n) is 9.67. The molecular formula is C26H29NO3. The van der Waals surface area contributed by atoms with Gasteiger partial charge in [0.15, 0.2) is 0 Å². The zero-order valence-electron chi connectivity index (χ0n) is 17.9. The highest BCUT2D eigenvalue weighted by Gasteiger charge is 2.45. The molecule has 3 atom stereocenters. The van der Waals surface area contributed by atoms with Crippen LogP contribution >= 0.6 is 0 Å². The third-order valence-electron chi connectivity index (χ3n) is 6.53. The molecule has 2 fully saturated rings. The molecule has 0 aromatic heterocycles. The van der Waals surface area contributed by atoms with Crippen molar-refractivity contribution >= 4 is 27.5 Å². The summed E-state index contributed by atoms with van der Waals surface area (Å²) in [5.41, 5.74) is 0.851. The lowest BCUT2D eigenvalue weighted by atomic mass is 9.80. The largest absolute Gasteiger partial charge is 0.457 e. The molecule has 4 heteroatoms. The van der Waals surface area contributed by atoms with E-state index in [0.29, 0.717) is 6.61 Å². The average Bonchev–Trinajstić information content (AvgIpc) is 3.33. The van der Waals surface area contributed by atoms with Gasteiger partial charge in [0.2, 0.25) is 0 Å². The summed E-state index contributed by atoms with van der Waals surface area (Å²) >= 11 is 0. The smallest absolute Gasteiger partial charge is 0.313 e. The number of rotatable bonds is 3. The number of esters is 1. The van der Waals surface area contributed by atoms with E-state index in [1.54, 1.807) is 0 Å². The highest BCUT2D eigenvalue weighted by Crippen LogP contribution is 2.44. The van der Waals surface area contributed by atoms with Gasteiger partial charge in [0, 0.05) is 17.5 Å². The summed E-state index contributed by atoms with van der Waals surface area (Å²) in [5.74, 6) is -0.347. The Balaban J connectivity index is 1.61. The highest BCUT2D eigenvalue weighted by molar-refractivity contribution is 6.02. The summed E-state index contributed by atoms with van der Waals surface area (Å²) in [6.45, 7) is 7.78.